The van der Waals surface area contributed by atoms with Crippen molar-refractivity contribution in [1.29, 1.82) is 0 Å². The Morgan fingerprint density at radius 3 is 2.50 bits per heavy atom. The molecule has 0 aliphatic heterocycles. The molecule has 0 bridgehead atoms. The average Bonchev–Trinajstić information content (AvgIpc) is 1.35. The highest BCUT2D eigenvalue weighted by atomic mass is 13.8. The van der Waals surface area contributed by atoms with Gasteiger partial charge in [0.05, 0.1) is 0 Å². The first-order valence-electron chi connectivity index (χ1n) is 1.81. The van der Waals surface area contributed by atoms with E-state index in [4.69, 9.17) is 6.42 Å². The molecular formula is C6H7. The van der Waals surface area contributed by atoms with Crippen molar-refractivity contribution in [2.45, 2.75) is 13.3 Å². The van der Waals surface area contributed by atoms with E-state index in [9.17, 15) is 0 Å². The van der Waals surface area contributed by atoms with E-state index in [2.05, 4.69) is 12.5 Å². The normalized spacial score (nSPS) is 6.67. The zero-order valence-corrected chi connectivity index (χ0v) is 3.91. The van der Waals surface area contributed by atoms with Crippen LogP contribution < -0.4 is 0 Å². The molecule has 0 rings (SSSR count). The molecule has 6 heavy (non-hydrogen) atoms. The van der Waals surface area contributed by atoms with Gasteiger partial charge in [-0.15, -0.1) is 0 Å². The molecule has 0 nitrogen and oxygen atoms in total. The van der Waals surface area contributed by atoms with Crippen LogP contribution in [0.2, 0.25) is 0 Å². The lowest BCUT2D eigenvalue weighted by atomic mass is 10.3. The first-order chi connectivity index (χ1) is 2.77. The van der Waals surface area contributed by atoms with Gasteiger partial charge in [0.2, 0.25) is 0 Å². The Hall–Kier alpha value is -0.700. The van der Waals surface area contributed by atoms with E-state index in [1.165, 1.54) is 0 Å². The van der Waals surface area contributed by atoms with Gasteiger partial charge in [0.1, 0.15) is 0 Å². The summed E-state index contributed by atoms with van der Waals surface area (Å²) in [4.78, 5) is 0. The Kier molecular flexibility index (Phi) is 2.24. The summed E-state index contributed by atoms with van der Waals surface area (Å²) < 4.78 is 0. The lowest BCUT2D eigenvalue weighted by molar-refractivity contribution is 1.27. The SMILES string of the molecule is [C]#CCC(=C)C. The van der Waals surface area contributed by atoms with Crippen molar-refractivity contribution in [3.8, 4) is 5.92 Å². The summed E-state index contributed by atoms with van der Waals surface area (Å²) in [5.41, 5.74) is 0.991. The monoisotopic (exact) mass is 79.1 g/mol. The molecule has 0 aliphatic carbocycles. The second-order valence-electron chi connectivity index (χ2n) is 1.31. The number of allylic oxidation sites excluding steroid dienone is 1. The molecule has 0 saturated heterocycles. The molecule has 0 saturated carbocycles. The van der Waals surface area contributed by atoms with Crippen molar-refractivity contribution in [1.82, 2.24) is 0 Å². The van der Waals surface area contributed by atoms with Gasteiger partial charge in [-0.3, -0.25) is 0 Å². The van der Waals surface area contributed by atoms with Crippen molar-refractivity contribution in [3.63, 3.8) is 0 Å². The van der Waals surface area contributed by atoms with E-state index in [1.807, 2.05) is 6.92 Å². The van der Waals surface area contributed by atoms with Gasteiger partial charge in [0.25, 0.3) is 0 Å². The second kappa shape index (κ2) is 2.53. The largest absolute Gasteiger partial charge is 0.0992 e. The fourth-order valence-corrected chi connectivity index (χ4v) is 0.151. The standard InChI is InChI=1S/C6H7/c1-4-5-6(2)3/h2,5H2,3H3. The third-order valence-corrected chi connectivity index (χ3v) is 0.390. The van der Waals surface area contributed by atoms with Crippen molar-refractivity contribution < 1.29 is 0 Å². The van der Waals surface area contributed by atoms with Crippen LogP contribution in [-0.4, -0.2) is 0 Å². The van der Waals surface area contributed by atoms with Crippen LogP contribution >= 0.6 is 0 Å². The maximum atomic E-state index is 6.42. The smallest absolute Gasteiger partial charge is 0.0304 e. The predicted molar refractivity (Wildman–Crippen MR) is 26.6 cm³/mol. The van der Waals surface area contributed by atoms with E-state index in [-0.39, 0.29) is 0 Å². The Labute approximate surface area is 38.9 Å². The van der Waals surface area contributed by atoms with Gasteiger partial charge in [-0.2, -0.15) is 0 Å². The fraction of sp³-hybridized carbons (Fsp3) is 0.333. The summed E-state index contributed by atoms with van der Waals surface area (Å²) in [6, 6.07) is 0. The topological polar surface area (TPSA) is 0 Å². The van der Waals surface area contributed by atoms with Crippen LogP contribution in [0, 0.1) is 12.3 Å². The van der Waals surface area contributed by atoms with E-state index in [1.54, 1.807) is 0 Å². The Bertz CT molecular complexity index is 82.7. The highest BCUT2D eigenvalue weighted by molar-refractivity contribution is 4.99. The van der Waals surface area contributed by atoms with Crippen LogP contribution in [0.5, 0.6) is 0 Å². The van der Waals surface area contributed by atoms with Gasteiger partial charge in [-0.25, -0.2) is 0 Å². The molecule has 0 heterocycles. The molecule has 0 aromatic carbocycles. The van der Waals surface area contributed by atoms with Crippen LogP contribution in [0.15, 0.2) is 12.2 Å². The molecule has 31 valence electrons. The van der Waals surface area contributed by atoms with Gasteiger partial charge in [0.15, 0.2) is 0 Å². The predicted octanol–water partition coefficient (Wildman–Crippen LogP) is 1.54. The van der Waals surface area contributed by atoms with E-state index >= 15 is 0 Å². The lowest BCUT2D eigenvalue weighted by Crippen LogP contribution is -1.62. The summed E-state index contributed by atoms with van der Waals surface area (Å²) in [6.45, 7) is 5.44. The van der Waals surface area contributed by atoms with E-state index in [0.29, 0.717) is 6.42 Å². The van der Waals surface area contributed by atoms with Crippen molar-refractivity contribution >= 4 is 0 Å². The number of hydrogen-bond acceptors (Lipinski definition) is 0. The van der Waals surface area contributed by atoms with Gasteiger partial charge in [-0.05, 0) is 13.3 Å². The maximum Gasteiger partial charge on any atom is 0.0304 e. The first-order valence-corrected chi connectivity index (χ1v) is 1.81. The zero-order valence-electron chi connectivity index (χ0n) is 3.91. The summed E-state index contributed by atoms with van der Waals surface area (Å²) in [6.07, 6.45) is 7.02. The Morgan fingerprint density at radius 2 is 2.50 bits per heavy atom. The van der Waals surface area contributed by atoms with Gasteiger partial charge in [-0.1, -0.05) is 18.1 Å². The highest BCUT2D eigenvalue weighted by Gasteiger charge is 1.72. The zero-order chi connectivity index (χ0) is 4.99. The minimum Gasteiger partial charge on any atom is -0.0992 e. The van der Waals surface area contributed by atoms with Crippen LogP contribution in [0.4, 0.5) is 0 Å². The van der Waals surface area contributed by atoms with E-state index in [0.717, 1.165) is 5.57 Å². The van der Waals surface area contributed by atoms with Gasteiger partial charge >= 0.3 is 0 Å². The van der Waals surface area contributed by atoms with Crippen LogP contribution in [0.1, 0.15) is 13.3 Å². The van der Waals surface area contributed by atoms with Crippen molar-refractivity contribution in [2.75, 3.05) is 0 Å². The molecule has 0 spiro atoms. The van der Waals surface area contributed by atoms with Crippen molar-refractivity contribution in [3.05, 3.63) is 18.6 Å². The molecule has 0 aromatic rings. The van der Waals surface area contributed by atoms with Crippen molar-refractivity contribution in [2.24, 2.45) is 0 Å². The Balaban J connectivity index is 3.13. The molecule has 0 unspecified atom stereocenters. The third kappa shape index (κ3) is 3.30. The van der Waals surface area contributed by atoms with Crippen LogP contribution in [0.3, 0.4) is 0 Å². The quantitative estimate of drug-likeness (QED) is 0.330. The Morgan fingerprint density at radius 1 is 2.00 bits per heavy atom. The molecule has 0 N–H and O–H groups in total. The van der Waals surface area contributed by atoms with E-state index < -0.39 is 0 Å². The molecule has 0 aliphatic rings. The number of hydrogen-bond donors (Lipinski definition) is 0. The van der Waals surface area contributed by atoms with Gasteiger partial charge in [0, 0.05) is 6.42 Å². The molecule has 1 radical (unpaired) electrons. The fourth-order valence-electron chi connectivity index (χ4n) is 0.151. The maximum absolute atomic E-state index is 6.42. The molecule has 0 heteroatoms. The molecule has 0 amide bonds. The molecule has 0 atom stereocenters. The van der Waals surface area contributed by atoms with Crippen LogP contribution in [0.25, 0.3) is 0 Å². The minimum atomic E-state index is 0.597. The van der Waals surface area contributed by atoms with Gasteiger partial charge < -0.3 is 0 Å². The first kappa shape index (κ1) is 5.30. The highest BCUT2D eigenvalue weighted by Crippen LogP contribution is 1.89. The summed E-state index contributed by atoms with van der Waals surface area (Å²) in [7, 11) is 0. The summed E-state index contributed by atoms with van der Waals surface area (Å²) in [5.74, 6) is 2.22. The number of rotatable bonds is 1. The lowest BCUT2D eigenvalue weighted by Gasteiger charge is -1.79. The third-order valence-electron chi connectivity index (χ3n) is 0.390. The van der Waals surface area contributed by atoms with Crippen LogP contribution in [-0.2, 0) is 0 Å². The minimum absolute atomic E-state index is 0.597. The second-order valence-corrected chi connectivity index (χ2v) is 1.31. The molecule has 0 fully saturated rings. The average molecular weight is 79.1 g/mol. The summed E-state index contributed by atoms with van der Waals surface area (Å²) >= 11 is 0. The molecular weight excluding hydrogens is 72.1 g/mol. The molecule has 0 aromatic heterocycles. The summed E-state index contributed by atoms with van der Waals surface area (Å²) in [5, 5.41) is 0.